The van der Waals surface area contributed by atoms with Crippen LogP contribution in [0.5, 0.6) is 5.75 Å². The van der Waals surface area contributed by atoms with Crippen molar-refractivity contribution in [3.63, 3.8) is 0 Å². The van der Waals surface area contributed by atoms with Crippen LogP contribution in [0, 0.1) is 0 Å². The monoisotopic (exact) mass is 309 g/mol. The molecule has 0 aliphatic heterocycles. The number of carboxylic acids is 1. The summed E-state index contributed by atoms with van der Waals surface area (Å²) in [7, 11) is 1.65. The van der Waals surface area contributed by atoms with Crippen LogP contribution < -0.4 is 10.1 Å². The third kappa shape index (κ3) is 3.92. The van der Waals surface area contributed by atoms with Gasteiger partial charge in [-0.05, 0) is 51.3 Å². The molecular formula is C16H23NO3S. The summed E-state index contributed by atoms with van der Waals surface area (Å²) in [5.41, 5.74) is -0.773. The Balaban J connectivity index is 2.05. The minimum absolute atomic E-state index is 0.168. The molecule has 2 atom stereocenters. The molecule has 2 unspecified atom stereocenters. The largest absolute Gasteiger partial charge is 0.497 e. The van der Waals surface area contributed by atoms with Gasteiger partial charge in [0, 0.05) is 16.2 Å². The van der Waals surface area contributed by atoms with Crippen molar-refractivity contribution >= 4 is 17.7 Å². The Morgan fingerprint density at radius 3 is 2.90 bits per heavy atom. The van der Waals surface area contributed by atoms with E-state index in [2.05, 4.69) is 5.32 Å². The lowest BCUT2D eigenvalue weighted by Crippen LogP contribution is -2.53. The Kier molecular flexibility index (Phi) is 5.17. The van der Waals surface area contributed by atoms with Crippen molar-refractivity contribution in [3.8, 4) is 5.75 Å². The minimum atomic E-state index is -0.773. The summed E-state index contributed by atoms with van der Waals surface area (Å²) >= 11 is 1.74. The first-order valence-corrected chi connectivity index (χ1v) is 8.15. The minimum Gasteiger partial charge on any atom is -0.497 e. The fourth-order valence-electron chi connectivity index (χ4n) is 2.91. The molecule has 0 heterocycles. The highest BCUT2D eigenvalue weighted by Crippen LogP contribution is 2.41. The number of ether oxygens (including phenoxy) is 1. The lowest BCUT2D eigenvalue weighted by molar-refractivity contribution is -0.145. The summed E-state index contributed by atoms with van der Waals surface area (Å²) in [6, 6.07) is 8.10. The second-order valence-corrected chi connectivity index (χ2v) is 7.22. The number of methoxy groups -OCH3 is 1. The van der Waals surface area contributed by atoms with Gasteiger partial charge in [-0.1, -0.05) is 6.07 Å². The number of nitrogens with one attached hydrogen (secondary N) is 1. The van der Waals surface area contributed by atoms with E-state index in [9.17, 15) is 9.90 Å². The molecule has 0 spiro atoms. The highest BCUT2D eigenvalue weighted by atomic mass is 32.2. The molecule has 21 heavy (non-hydrogen) atoms. The van der Waals surface area contributed by atoms with Crippen molar-refractivity contribution in [2.75, 3.05) is 7.11 Å². The number of aliphatic carboxylic acids is 1. The molecule has 1 fully saturated rings. The van der Waals surface area contributed by atoms with Crippen molar-refractivity contribution < 1.29 is 14.6 Å². The van der Waals surface area contributed by atoms with E-state index in [1.165, 1.54) is 0 Å². The third-order valence-corrected chi connectivity index (χ3v) is 5.05. The predicted octanol–water partition coefficient (Wildman–Crippen LogP) is 3.16. The fraction of sp³-hybridized carbons (Fsp3) is 0.562. The molecule has 1 aliphatic rings. The van der Waals surface area contributed by atoms with Crippen molar-refractivity contribution in [1.29, 1.82) is 0 Å². The first kappa shape index (κ1) is 16.2. The van der Waals surface area contributed by atoms with Crippen LogP contribution in [0.25, 0.3) is 0 Å². The van der Waals surface area contributed by atoms with Gasteiger partial charge in [-0.25, -0.2) is 0 Å². The van der Waals surface area contributed by atoms with Crippen LogP contribution in [0.2, 0.25) is 0 Å². The quantitative estimate of drug-likeness (QED) is 0.845. The lowest BCUT2D eigenvalue weighted by atomic mass is 9.97. The summed E-state index contributed by atoms with van der Waals surface area (Å²) in [6.45, 7) is 3.99. The molecule has 2 rings (SSSR count). The summed E-state index contributed by atoms with van der Waals surface area (Å²) in [5, 5.41) is 13.2. The average Bonchev–Trinajstić information content (AvgIpc) is 2.82. The molecule has 5 heteroatoms. The van der Waals surface area contributed by atoms with Gasteiger partial charge in [0.15, 0.2) is 0 Å². The first-order valence-electron chi connectivity index (χ1n) is 7.27. The van der Waals surface area contributed by atoms with Gasteiger partial charge >= 0.3 is 5.97 Å². The number of hydrogen-bond acceptors (Lipinski definition) is 4. The highest BCUT2D eigenvalue weighted by molar-refractivity contribution is 8.00. The van der Waals surface area contributed by atoms with Crippen molar-refractivity contribution in [2.24, 2.45) is 0 Å². The molecule has 0 bridgehead atoms. The standard InChI is InChI=1S/C16H23NO3S/c1-11(2)17-16(15(18)19)8-7-14(10-16)21-13-6-4-5-12(9-13)20-3/h4-6,9,11,14,17H,7-8,10H2,1-3H3,(H,18,19). The third-order valence-electron chi connectivity index (χ3n) is 3.79. The number of carboxylic acid groups (broad SMARTS) is 1. The van der Waals surface area contributed by atoms with Crippen LogP contribution in [0.15, 0.2) is 29.2 Å². The average molecular weight is 309 g/mol. The maximum absolute atomic E-state index is 11.7. The van der Waals surface area contributed by atoms with E-state index < -0.39 is 11.5 Å². The van der Waals surface area contributed by atoms with Crippen molar-refractivity contribution in [1.82, 2.24) is 5.32 Å². The van der Waals surface area contributed by atoms with E-state index in [1.807, 2.05) is 38.1 Å². The van der Waals surface area contributed by atoms with Gasteiger partial charge in [-0.3, -0.25) is 10.1 Å². The van der Waals surface area contributed by atoms with Gasteiger partial charge in [0.1, 0.15) is 11.3 Å². The van der Waals surface area contributed by atoms with E-state index in [1.54, 1.807) is 18.9 Å². The zero-order chi connectivity index (χ0) is 15.5. The molecule has 0 saturated heterocycles. The van der Waals surface area contributed by atoms with Gasteiger partial charge in [0.2, 0.25) is 0 Å². The summed E-state index contributed by atoms with van der Waals surface area (Å²) < 4.78 is 5.23. The number of thioether (sulfide) groups is 1. The topological polar surface area (TPSA) is 58.6 Å². The lowest BCUT2D eigenvalue weighted by Gasteiger charge is -2.28. The van der Waals surface area contributed by atoms with E-state index in [0.717, 1.165) is 17.1 Å². The molecule has 0 radical (unpaired) electrons. The van der Waals surface area contributed by atoms with Crippen LogP contribution in [0.4, 0.5) is 0 Å². The normalized spacial score (nSPS) is 25.2. The molecule has 1 aromatic carbocycles. The second-order valence-electron chi connectivity index (χ2n) is 5.85. The van der Waals surface area contributed by atoms with Crippen LogP contribution in [0.1, 0.15) is 33.1 Å². The number of benzene rings is 1. The van der Waals surface area contributed by atoms with E-state index in [0.29, 0.717) is 18.1 Å². The zero-order valence-corrected chi connectivity index (χ0v) is 13.6. The fourth-order valence-corrected chi connectivity index (χ4v) is 4.24. The van der Waals surface area contributed by atoms with E-state index in [-0.39, 0.29) is 6.04 Å². The number of rotatable bonds is 6. The molecule has 1 saturated carbocycles. The SMILES string of the molecule is COc1cccc(SC2CCC(NC(C)C)(C(=O)O)C2)c1. The maximum atomic E-state index is 11.7. The van der Waals surface area contributed by atoms with Gasteiger partial charge in [-0.2, -0.15) is 0 Å². The molecule has 1 aromatic rings. The molecular weight excluding hydrogens is 286 g/mol. The molecule has 1 aliphatic carbocycles. The van der Waals surface area contributed by atoms with Crippen LogP contribution in [-0.4, -0.2) is 35.0 Å². The molecule has 4 nitrogen and oxygen atoms in total. The zero-order valence-electron chi connectivity index (χ0n) is 12.8. The Bertz CT molecular complexity index is 506. The van der Waals surface area contributed by atoms with Gasteiger partial charge < -0.3 is 9.84 Å². The molecule has 0 aromatic heterocycles. The van der Waals surface area contributed by atoms with E-state index in [4.69, 9.17) is 4.74 Å². The Hall–Kier alpha value is -1.20. The van der Waals surface area contributed by atoms with Gasteiger partial charge in [0.25, 0.3) is 0 Å². The number of carbonyl (C=O) groups is 1. The maximum Gasteiger partial charge on any atom is 0.323 e. The van der Waals surface area contributed by atoms with Crippen LogP contribution in [0.3, 0.4) is 0 Å². The van der Waals surface area contributed by atoms with Crippen molar-refractivity contribution in [2.45, 2.75) is 54.8 Å². The summed E-state index contributed by atoms with van der Waals surface area (Å²) in [5.74, 6) is 0.104. The smallest absolute Gasteiger partial charge is 0.323 e. The Morgan fingerprint density at radius 2 is 2.29 bits per heavy atom. The number of hydrogen-bond donors (Lipinski definition) is 2. The first-order chi connectivity index (χ1) is 9.95. The van der Waals surface area contributed by atoms with Crippen LogP contribution in [-0.2, 0) is 4.79 Å². The van der Waals surface area contributed by atoms with Crippen LogP contribution >= 0.6 is 11.8 Å². The molecule has 116 valence electrons. The van der Waals surface area contributed by atoms with Crippen molar-refractivity contribution in [3.05, 3.63) is 24.3 Å². The van der Waals surface area contributed by atoms with Gasteiger partial charge in [0.05, 0.1) is 7.11 Å². The van der Waals surface area contributed by atoms with E-state index >= 15 is 0 Å². The highest BCUT2D eigenvalue weighted by Gasteiger charge is 2.45. The second kappa shape index (κ2) is 6.71. The predicted molar refractivity (Wildman–Crippen MR) is 85.1 cm³/mol. The summed E-state index contributed by atoms with van der Waals surface area (Å²) in [6.07, 6.45) is 2.25. The Labute approximate surface area is 130 Å². The summed E-state index contributed by atoms with van der Waals surface area (Å²) in [4.78, 5) is 12.8. The molecule has 0 amide bonds. The molecule has 2 N–H and O–H groups in total. The van der Waals surface area contributed by atoms with Gasteiger partial charge in [-0.15, -0.1) is 11.8 Å². The Morgan fingerprint density at radius 1 is 1.52 bits per heavy atom.